The van der Waals surface area contributed by atoms with Crippen LogP contribution < -0.4 is 5.73 Å². The highest BCUT2D eigenvalue weighted by Gasteiger charge is 2.33. The molecule has 1 unspecified atom stereocenters. The maximum absolute atomic E-state index is 12.5. The molecule has 0 fully saturated rings. The Bertz CT molecular complexity index is 682. The zero-order chi connectivity index (χ0) is 15.8. The summed E-state index contributed by atoms with van der Waals surface area (Å²) >= 11 is 0.856. The SMILES string of the molecule is CC(C(=O)O)c1ccc(-c2nc(C(F)(F)F)cs2)cc1N. The second-order valence-corrected chi connectivity index (χ2v) is 5.30. The van der Waals surface area contributed by atoms with Crippen molar-refractivity contribution in [1.29, 1.82) is 0 Å². The number of nitrogens with two attached hydrogens (primary N) is 1. The van der Waals surface area contributed by atoms with Crippen molar-refractivity contribution in [1.82, 2.24) is 4.98 Å². The van der Waals surface area contributed by atoms with Crippen LogP contribution in [0.4, 0.5) is 18.9 Å². The molecule has 1 heterocycles. The normalized spacial score (nSPS) is 13.1. The highest BCUT2D eigenvalue weighted by atomic mass is 32.1. The molecule has 3 N–H and O–H groups in total. The predicted molar refractivity (Wildman–Crippen MR) is 73.0 cm³/mol. The van der Waals surface area contributed by atoms with Crippen LogP contribution in [0.5, 0.6) is 0 Å². The lowest BCUT2D eigenvalue weighted by Crippen LogP contribution is -2.09. The second-order valence-electron chi connectivity index (χ2n) is 4.44. The van der Waals surface area contributed by atoms with E-state index >= 15 is 0 Å². The van der Waals surface area contributed by atoms with Crippen LogP contribution in [-0.4, -0.2) is 16.1 Å². The van der Waals surface area contributed by atoms with E-state index in [9.17, 15) is 18.0 Å². The first kappa shape index (κ1) is 15.3. The minimum atomic E-state index is -4.49. The number of benzene rings is 1. The molecule has 0 saturated heterocycles. The molecular weight excluding hydrogens is 305 g/mol. The summed E-state index contributed by atoms with van der Waals surface area (Å²) in [6.07, 6.45) is -4.49. The molecule has 2 aromatic rings. The first-order chi connectivity index (χ1) is 9.70. The molecule has 0 aliphatic carbocycles. The van der Waals surface area contributed by atoms with E-state index in [0.717, 1.165) is 16.7 Å². The standard InChI is InChI=1S/C13H11F3N2O2S/c1-6(12(19)20)8-3-2-7(4-9(8)17)11-18-10(5-21-11)13(14,15)16/h2-6H,17H2,1H3,(H,19,20). The third-order valence-electron chi connectivity index (χ3n) is 2.97. The third kappa shape index (κ3) is 3.15. The van der Waals surface area contributed by atoms with Crippen molar-refractivity contribution in [2.75, 3.05) is 5.73 Å². The number of hydrogen-bond donors (Lipinski definition) is 2. The number of halogens is 3. The molecule has 8 heteroatoms. The topological polar surface area (TPSA) is 76.2 Å². The Labute approximate surface area is 122 Å². The van der Waals surface area contributed by atoms with Gasteiger partial charge in [0.15, 0.2) is 5.69 Å². The number of anilines is 1. The number of carboxylic acids is 1. The molecule has 2 rings (SSSR count). The Balaban J connectivity index is 2.36. The molecule has 0 saturated carbocycles. The third-order valence-corrected chi connectivity index (χ3v) is 3.86. The molecule has 0 radical (unpaired) electrons. The number of thiazole rings is 1. The van der Waals surface area contributed by atoms with Crippen molar-refractivity contribution in [2.45, 2.75) is 19.0 Å². The smallest absolute Gasteiger partial charge is 0.434 e. The van der Waals surface area contributed by atoms with Crippen LogP contribution in [0.15, 0.2) is 23.6 Å². The van der Waals surface area contributed by atoms with Crippen LogP contribution in [0, 0.1) is 0 Å². The van der Waals surface area contributed by atoms with E-state index in [1.54, 1.807) is 0 Å². The number of hydrogen-bond acceptors (Lipinski definition) is 4. The van der Waals surface area contributed by atoms with Crippen LogP contribution in [0.1, 0.15) is 24.1 Å². The molecule has 0 amide bonds. The molecule has 21 heavy (non-hydrogen) atoms. The molecule has 0 bridgehead atoms. The summed E-state index contributed by atoms with van der Waals surface area (Å²) in [5.41, 5.74) is 5.88. The van der Waals surface area contributed by atoms with Crippen molar-refractivity contribution in [2.24, 2.45) is 0 Å². The Morgan fingerprint density at radius 2 is 2.10 bits per heavy atom. The fourth-order valence-corrected chi connectivity index (χ4v) is 2.60. The minimum Gasteiger partial charge on any atom is -0.481 e. The number of alkyl halides is 3. The first-order valence-electron chi connectivity index (χ1n) is 5.85. The van der Waals surface area contributed by atoms with Crippen molar-refractivity contribution in [3.63, 3.8) is 0 Å². The van der Waals surface area contributed by atoms with E-state index in [1.165, 1.54) is 25.1 Å². The van der Waals surface area contributed by atoms with E-state index in [2.05, 4.69) is 4.98 Å². The van der Waals surface area contributed by atoms with Crippen LogP contribution >= 0.6 is 11.3 Å². The van der Waals surface area contributed by atoms with Gasteiger partial charge >= 0.3 is 12.1 Å². The first-order valence-corrected chi connectivity index (χ1v) is 6.73. The highest BCUT2D eigenvalue weighted by Crippen LogP contribution is 2.35. The number of carboxylic acid groups (broad SMARTS) is 1. The quantitative estimate of drug-likeness (QED) is 0.848. The van der Waals surface area contributed by atoms with E-state index < -0.39 is 23.8 Å². The molecule has 0 aliphatic rings. The molecule has 112 valence electrons. The molecule has 1 aromatic carbocycles. The van der Waals surface area contributed by atoms with Crippen molar-refractivity contribution in [3.05, 3.63) is 34.8 Å². The van der Waals surface area contributed by atoms with Crippen molar-refractivity contribution in [3.8, 4) is 10.6 Å². The average molecular weight is 316 g/mol. The summed E-state index contributed by atoms with van der Waals surface area (Å²) in [5.74, 6) is -1.82. The fraction of sp³-hybridized carbons (Fsp3) is 0.231. The number of aliphatic carboxylic acids is 1. The Kier molecular flexibility index (Phi) is 3.91. The largest absolute Gasteiger partial charge is 0.481 e. The van der Waals surface area contributed by atoms with Gasteiger partial charge in [-0.2, -0.15) is 13.2 Å². The van der Waals surface area contributed by atoms with Crippen molar-refractivity contribution < 1.29 is 23.1 Å². The summed E-state index contributed by atoms with van der Waals surface area (Å²) in [6, 6.07) is 4.45. The summed E-state index contributed by atoms with van der Waals surface area (Å²) in [5, 5.41) is 10.1. The molecule has 1 atom stereocenters. The van der Waals surface area contributed by atoms with Gasteiger partial charge in [-0.15, -0.1) is 11.3 Å². The zero-order valence-electron chi connectivity index (χ0n) is 10.8. The lowest BCUT2D eigenvalue weighted by molar-refractivity contribution is -0.141. The van der Waals surface area contributed by atoms with Gasteiger partial charge in [0.25, 0.3) is 0 Å². The average Bonchev–Trinajstić information content (AvgIpc) is 2.87. The van der Waals surface area contributed by atoms with Crippen LogP contribution in [0.3, 0.4) is 0 Å². The Morgan fingerprint density at radius 1 is 1.43 bits per heavy atom. The van der Waals surface area contributed by atoms with Gasteiger partial charge in [-0.3, -0.25) is 4.79 Å². The lowest BCUT2D eigenvalue weighted by atomic mass is 9.98. The second kappa shape index (κ2) is 5.36. The number of rotatable bonds is 3. The Hall–Kier alpha value is -2.09. The number of nitrogens with zero attached hydrogens (tertiary/aromatic N) is 1. The van der Waals surface area contributed by atoms with E-state index in [0.29, 0.717) is 11.1 Å². The zero-order valence-corrected chi connectivity index (χ0v) is 11.6. The van der Waals surface area contributed by atoms with Crippen molar-refractivity contribution >= 4 is 23.0 Å². The van der Waals surface area contributed by atoms with Gasteiger partial charge in [-0.05, 0) is 18.6 Å². The summed E-state index contributed by atoms with van der Waals surface area (Å²) in [6.45, 7) is 1.48. The van der Waals surface area contributed by atoms with E-state index in [1.807, 2.05) is 0 Å². The van der Waals surface area contributed by atoms with Gasteiger partial charge in [0.1, 0.15) is 5.01 Å². The van der Waals surface area contributed by atoms with E-state index in [-0.39, 0.29) is 10.7 Å². The summed E-state index contributed by atoms with van der Waals surface area (Å²) in [7, 11) is 0. The number of aromatic nitrogens is 1. The van der Waals surface area contributed by atoms with Crippen LogP contribution in [0.2, 0.25) is 0 Å². The molecule has 4 nitrogen and oxygen atoms in total. The number of carbonyl (C=O) groups is 1. The van der Waals surface area contributed by atoms with Gasteiger partial charge in [-0.25, -0.2) is 4.98 Å². The van der Waals surface area contributed by atoms with Crippen LogP contribution in [-0.2, 0) is 11.0 Å². The minimum absolute atomic E-state index is 0.184. The maximum Gasteiger partial charge on any atom is 0.434 e. The van der Waals surface area contributed by atoms with Gasteiger partial charge < -0.3 is 10.8 Å². The van der Waals surface area contributed by atoms with Gasteiger partial charge in [-0.1, -0.05) is 12.1 Å². The van der Waals surface area contributed by atoms with E-state index in [4.69, 9.17) is 10.8 Å². The monoisotopic (exact) mass is 316 g/mol. The van der Waals surface area contributed by atoms with Crippen LogP contribution in [0.25, 0.3) is 10.6 Å². The summed E-state index contributed by atoms with van der Waals surface area (Å²) < 4.78 is 37.5. The molecule has 1 aromatic heterocycles. The lowest BCUT2D eigenvalue weighted by Gasteiger charge is -2.11. The predicted octanol–water partition coefficient (Wildman–Crippen LogP) is 3.60. The van der Waals surface area contributed by atoms with Gasteiger partial charge in [0.05, 0.1) is 5.92 Å². The molecule has 0 spiro atoms. The Morgan fingerprint density at radius 3 is 2.57 bits per heavy atom. The summed E-state index contributed by atoms with van der Waals surface area (Å²) in [4.78, 5) is 14.5. The fourth-order valence-electron chi connectivity index (χ4n) is 1.77. The van der Waals surface area contributed by atoms with Gasteiger partial charge in [0.2, 0.25) is 0 Å². The molecular formula is C13H11F3N2O2S. The highest BCUT2D eigenvalue weighted by molar-refractivity contribution is 7.13. The molecule has 0 aliphatic heterocycles. The number of nitrogen functional groups attached to an aromatic ring is 1. The maximum atomic E-state index is 12.5. The van der Waals surface area contributed by atoms with Gasteiger partial charge in [0, 0.05) is 16.6 Å².